The second-order valence-electron chi connectivity index (χ2n) is 6.39. The first-order chi connectivity index (χ1) is 10.1. The number of carbonyl (C=O) groups excluding carboxylic acids is 1. The first kappa shape index (κ1) is 16.0. The van der Waals surface area contributed by atoms with E-state index in [9.17, 15) is 4.79 Å². The molecule has 0 aliphatic heterocycles. The molecule has 0 radical (unpaired) electrons. The van der Waals surface area contributed by atoms with Gasteiger partial charge in [-0.1, -0.05) is 37.5 Å². The zero-order valence-electron chi connectivity index (χ0n) is 13.2. The molecule has 0 heterocycles. The van der Waals surface area contributed by atoms with Gasteiger partial charge in [-0.05, 0) is 38.6 Å². The molecule has 0 unspecified atom stereocenters. The molecule has 0 spiro atoms. The summed E-state index contributed by atoms with van der Waals surface area (Å²) in [6.45, 7) is 1.25. The fraction of sp³-hybridized carbons (Fsp3) is 0.588. The van der Waals surface area contributed by atoms with Crippen molar-refractivity contribution in [2.75, 3.05) is 26.0 Å². The SMILES string of the molecule is CN(C)Cc1ccccc1NC(=O)C1(CN)CCCCC1. The van der Waals surface area contributed by atoms with E-state index in [4.69, 9.17) is 5.73 Å². The highest BCUT2D eigenvalue weighted by molar-refractivity contribution is 5.96. The van der Waals surface area contributed by atoms with Crippen LogP contribution in [0, 0.1) is 5.41 Å². The summed E-state index contributed by atoms with van der Waals surface area (Å²) in [5.41, 5.74) is 7.62. The van der Waals surface area contributed by atoms with E-state index in [1.807, 2.05) is 32.3 Å². The van der Waals surface area contributed by atoms with E-state index in [0.717, 1.165) is 43.5 Å². The molecule has 116 valence electrons. The van der Waals surface area contributed by atoms with Crippen LogP contribution in [0.1, 0.15) is 37.7 Å². The Hall–Kier alpha value is -1.39. The van der Waals surface area contributed by atoms with Crippen LogP contribution in [0.3, 0.4) is 0 Å². The van der Waals surface area contributed by atoms with Crippen molar-refractivity contribution < 1.29 is 4.79 Å². The van der Waals surface area contributed by atoms with Gasteiger partial charge in [0, 0.05) is 18.8 Å². The van der Waals surface area contributed by atoms with Gasteiger partial charge in [0.1, 0.15) is 0 Å². The minimum absolute atomic E-state index is 0.0934. The maximum absolute atomic E-state index is 12.8. The van der Waals surface area contributed by atoms with Gasteiger partial charge in [0.15, 0.2) is 0 Å². The molecule has 1 aromatic rings. The summed E-state index contributed by atoms with van der Waals surface area (Å²) in [6, 6.07) is 8.01. The zero-order chi connectivity index (χ0) is 15.3. The lowest BCUT2D eigenvalue weighted by molar-refractivity contribution is -0.126. The van der Waals surface area contributed by atoms with Crippen molar-refractivity contribution in [3.8, 4) is 0 Å². The number of nitrogens with zero attached hydrogens (tertiary/aromatic N) is 1. The molecule has 21 heavy (non-hydrogen) atoms. The molecule has 2 rings (SSSR count). The predicted molar refractivity (Wildman–Crippen MR) is 87.0 cm³/mol. The molecule has 1 saturated carbocycles. The number of rotatable bonds is 5. The number of nitrogens with two attached hydrogens (primary N) is 1. The van der Waals surface area contributed by atoms with Gasteiger partial charge in [0.05, 0.1) is 5.41 Å². The van der Waals surface area contributed by atoms with Crippen LogP contribution < -0.4 is 11.1 Å². The van der Waals surface area contributed by atoms with E-state index in [-0.39, 0.29) is 11.3 Å². The van der Waals surface area contributed by atoms with Crippen LogP contribution in [0.2, 0.25) is 0 Å². The highest BCUT2D eigenvalue weighted by Crippen LogP contribution is 2.36. The Morgan fingerprint density at radius 1 is 1.24 bits per heavy atom. The number of carbonyl (C=O) groups is 1. The van der Waals surface area contributed by atoms with Crippen molar-refractivity contribution in [1.29, 1.82) is 0 Å². The van der Waals surface area contributed by atoms with Gasteiger partial charge in [0.2, 0.25) is 5.91 Å². The predicted octanol–water partition coefficient (Wildman–Crippen LogP) is 2.60. The number of hydrogen-bond donors (Lipinski definition) is 2. The lowest BCUT2D eigenvalue weighted by Crippen LogP contribution is -2.44. The van der Waals surface area contributed by atoms with Gasteiger partial charge in [-0.2, -0.15) is 0 Å². The van der Waals surface area contributed by atoms with Crippen LogP contribution in [0.25, 0.3) is 0 Å². The number of anilines is 1. The summed E-state index contributed by atoms with van der Waals surface area (Å²) in [5, 5.41) is 3.13. The largest absolute Gasteiger partial charge is 0.329 e. The Morgan fingerprint density at radius 3 is 2.52 bits per heavy atom. The molecule has 1 fully saturated rings. The maximum atomic E-state index is 12.8. The molecule has 1 amide bonds. The molecule has 0 aromatic heterocycles. The van der Waals surface area contributed by atoms with Crippen LogP contribution in [0.15, 0.2) is 24.3 Å². The molecule has 0 atom stereocenters. The molecule has 1 aliphatic carbocycles. The minimum Gasteiger partial charge on any atom is -0.329 e. The monoisotopic (exact) mass is 289 g/mol. The lowest BCUT2D eigenvalue weighted by atomic mass is 9.73. The molecule has 0 saturated heterocycles. The van der Waals surface area contributed by atoms with Crippen molar-refractivity contribution in [3.63, 3.8) is 0 Å². The average Bonchev–Trinajstić information content (AvgIpc) is 2.49. The first-order valence-corrected chi connectivity index (χ1v) is 7.81. The van der Waals surface area contributed by atoms with E-state index in [1.54, 1.807) is 0 Å². The van der Waals surface area contributed by atoms with Crippen LogP contribution >= 0.6 is 0 Å². The smallest absolute Gasteiger partial charge is 0.231 e. The quantitative estimate of drug-likeness (QED) is 0.876. The molecule has 4 heteroatoms. The molecule has 1 aromatic carbocycles. The summed E-state index contributed by atoms with van der Waals surface area (Å²) in [4.78, 5) is 14.9. The Bertz CT molecular complexity index is 479. The van der Waals surface area contributed by atoms with Gasteiger partial charge in [-0.3, -0.25) is 4.79 Å². The Balaban J connectivity index is 2.15. The number of hydrogen-bond acceptors (Lipinski definition) is 3. The zero-order valence-corrected chi connectivity index (χ0v) is 13.2. The topological polar surface area (TPSA) is 58.4 Å². The number of para-hydroxylation sites is 1. The molecule has 0 bridgehead atoms. The lowest BCUT2D eigenvalue weighted by Gasteiger charge is -2.34. The molecular weight excluding hydrogens is 262 g/mol. The van der Waals surface area contributed by atoms with Gasteiger partial charge >= 0.3 is 0 Å². The van der Waals surface area contributed by atoms with Crippen molar-refractivity contribution in [2.45, 2.75) is 38.6 Å². The normalized spacial score (nSPS) is 17.7. The summed E-state index contributed by atoms with van der Waals surface area (Å²) in [7, 11) is 4.06. The van der Waals surface area contributed by atoms with Crippen molar-refractivity contribution in [3.05, 3.63) is 29.8 Å². The van der Waals surface area contributed by atoms with Crippen molar-refractivity contribution in [1.82, 2.24) is 4.90 Å². The highest BCUT2D eigenvalue weighted by Gasteiger charge is 2.38. The van der Waals surface area contributed by atoms with E-state index >= 15 is 0 Å². The van der Waals surface area contributed by atoms with E-state index in [1.165, 1.54) is 6.42 Å². The van der Waals surface area contributed by atoms with E-state index in [0.29, 0.717) is 6.54 Å². The van der Waals surface area contributed by atoms with Crippen LogP contribution in [0.5, 0.6) is 0 Å². The second-order valence-corrected chi connectivity index (χ2v) is 6.39. The van der Waals surface area contributed by atoms with Gasteiger partial charge in [-0.15, -0.1) is 0 Å². The summed E-state index contributed by atoms with van der Waals surface area (Å²) >= 11 is 0. The van der Waals surface area contributed by atoms with E-state index in [2.05, 4.69) is 16.3 Å². The van der Waals surface area contributed by atoms with Gasteiger partial charge in [-0.25, -0.2) is 0 Å². The fourth-order valence-corrected chi connectivity index (χ4v) is 3.13. The average molecular weight is 289 g/mol. The molecule has 4 nitrogen and oxygen atoms in total. The van der Waals surface area contributed by atoms with Crippen LogP contribution in [-0.4, -0.2) is 31.4 Å². The maximum Gasteiger partial charge on any atom is 0.231 e. The third-order valence-electron chi connectivity index (χ3n) is 4.44. The molecule has 1 aliphatic rings. The number of benzene rings is 1. The third-order valence-corrected chi connectivity index (χ3v) is 4.44. The van der Waals surface area contributed by atoms with Crippen LogP contribution in [-0.2, 0) is 11.3 Å². The number of amides is 1. The standard InChI is InChI=1S/C17H27N3O/c1-20(2)12-14-8-4-5-9-15(14)19-16(21)17(13-18)10-6-3-7-11-17/h4-5,8-9H,3,6-7,10-13,18H2,1-2H3,(H,19,21). The first-order valence-electron chi connectivity index (χ1n) is 7.81. The Morgan fingerprint density at radius 2 is 1.90 bits per heavy atom. The van der Waals surface area contributed by atoms with Crippen LogP contribution in [0.4, 0.5) is 5.69 Å². The highest BCUT2D eigenvalue weighted by atomic mass is 16.2. The summed E-state index contributed by atoms with van der Waals surface area (Å²) in [5.74, 6) is 0.0934. The van der Waals surface area contributed by atoms with Gasteiger partial charge < -0.3 is 16.0 Å². The summed E-state index contributed by atoms with van der Waals surface area (Å²) < 4.78 is 0. The van der Waals surface area contributed by atoms with E-state index < -0.39 is 0 Å². The molecule has 3 N–H and O–H groups in total. The minimum atomic E-state index is -0.372. The summed E-state index contributed by atoms with van der Waals surface area (Å²) in [6.07, 6.45) is 5.23. The molecular formula is C17H27N3O. The Labute approximate surface area is 127 Å². The second kappa shape index (κ2) is 7.05. The number of nitrogens with one attached hydrogen (secondary N) is 1. The fourth-order valence-electron chi connectivity index (χ4n) is 3.13. The van der Waals surface area contributed by atoms with Crippen molar-refractivity contribution in [2.24, 2.45) is 11.1 Å². The van der Waals surface area contributed by atoms with Gasteiger partial charge in [0.25, 0.3) is 0 Å². The third kappa shape index (κ3) is 3.83. The Kier molecular flexibility index (Phi) is 5.37. The van der Waals surface area contributed by atoms with Crippen molar-refractivity contribution >= 4 is 11.6 Å².